The van der Waals surface area contributed by atoms with E-state index in [4.69, 9.17) is 9.47 Å². The van der Waals surface area contributed by atoms with Gasteiger partial charge in [0.05, 0.1) is 25.0 Å². The van der Waals surface area contributed by atoms with Gasteiger partial charge < -0.3 is 24.8 Å². The number of hydrogen-bond donors (Lipinski definition) is 2. The summed E-state index contributed by atoms with van der Waals surface area (Å²) in [4.78, 5) is 2.90. The third-order valence-electron chi connectivity index (χ3n) is 5.15. The summed E-state index contributed by atoms with van der Waals surface area (Å²) in [6.45, 7) is 8.60. The Kier molecular flexibility index (Phi) is 10.1. The Hall–Kier alpha value is -1.59. The highest BCUT2D eigenvalue weighted by atomic mass is 35.5. The maximum absolute atomic E-state index is 10.4. The first-order chi connectivity index (χ1) is 14.2. The third kappa shape index (κ3) is 6.21. The standard InChI is InChI=1S/C22H31N3O3S.ClH/c1-3-27-19-11-16-7-8-24-22(18(16)12-20(19)28-4-2)21(13-23)29-15-17(26)14-25-9-5-6-10-25;/h11-12,17,24,26H,3-10,14-15H2,1-2H3;1H. The maximum Gasteiger partial charge on any atom is 0.161 e. The van der Waals surface area contributed by atoms with E-state index in [2.05, 4.69) is 16.3 Å². The molecular formula is C22H32ClN3O3S. The largest absolute Gasteiger partial charge is 0.490 e. The second-order valence-electron chi connectivity index (χ2n) is 7.29. The van der Waals surface area contributed by atoms with Crippen molar-refractivity contribution in [2.24, 2.45) is 0 Å². The van der Waals surface area contributed by atoms with E-state index in [-0.39, 0.29) is 12.4 Å². The first-order valence-corrected chi connectivity index (χ1v) is 11.5. The van der Waals surface area contributed by atoms with Crippen molar-refractivity contribution in [2.75, 3.05) is 45.1 Å². The van der Waals surface area contributed by atoms with Gasteiger partial charge in [-0.3, -0.25) is 0 Å². The maximum atomic E-state index is 10.4. The Balaban J connectivity index is 0.00000320. The molecule has 3 rings (SSSR count). The third-order valence-corrected chi connectivity index (χ3v) is 6.29. The van der Waals surface area contributed by atoms with Crippen molar-refractivity contribution in [2.45, 2.75) is 39.2 Å². The topological polar surface area (TPSA) is 77.8 Å². The molecule has 166 valence electrons. The van der Waals surface area contributed by atoms with Gasteiger partial charge in [0.1, 0.15) is 11.0 Å². The Morgan fingerprint density at radius 2 is 1.90 bits per heavy atom. The van der Waals surface area contributed by atoms with Gasteiger partial charge in [0.15, 0.2) is 11.5 Å². The summed E-state index contributed by atoms with van der Waals surface area (Å²) < 4.78 is 11.5. The first kappa shape index (κ1) is 24.7. The van der Waals surface area contributed by atoms with E-state index in [0.717, 1.165) is 48.6 Å². The number of aliphatic hydroxyl groups is 1. The lowest BCUT2D eigenvalue weighted by Gasteiger charge is -2.25. The summed E-state index contributed by atoms with van der Waals surface area (Å²) in [5.74, 6) is 1.96. The fourth-order valence-corrected chi connectivity index (χ4v) is 4.71. The molecule has 1 atom stereocenters. The van der Waals surface area contributed by atoms with Crippen LogP contribution in [0.15, 0.2) is 17.0 Å². The van der Waals surface area contributed by atoms with Gasteiger partial charge in [-0.25, -0.2) is 0 Å². The van der Waals surface area contributed by atoms with Gasteiger partial charge in [-0.2, -0.15) is 5.26 Å². The number of aliphatic hydroxyl groups excluding tert-OH is 1. The summed E-state index contributed by atoms with van der Waals surface area (Å²) in [5.41, 5.74) is 2.97. The minimum Gasteiger partial charge on any atom is -0.490 e. The van der Waals surface area contributed by atoms with E-state index in [1.165, 1.54) is 24.6 Å². The fraction of sp³-hybridized carbons (Fsp3) is 0.591. The van der Waals surface area contributed by atoms with Crippen LogP contribution in [0, 0.1) is 11.3 Å². The van der Waals surface area contributed by atoms with E-state index < -0.39 is 6.10 Å². The predicted molar refractivity (Wildman–Crippen MR) is 124 cm³/mol. The molecule has 0 bridgehead atoms. The minimum atomic E-state index is -0.440. The van der Waals surface area contributed by atoms with Crippen LogP contribution < -0.4 is 14.8 Å². The van der Waals surface area contributed by atoms with Gasteiger partial charge in [0.2, 0.25) is 0 Å². The van der Waals surface area contributed by atoms with Crippen molar-refractivity contribution >= 4 is 29.9 Å². The molecule has 0 aliphatic carbocycles. The number of nitrogens with zero attached hydrogens (tertiary/aromatic N) is 2. The number of rotatable bonds is 9. The van der Waals surface area contributed by atoms with E-state index in [9.17, 15) is 10.4 Å². The normalized spacial score (nSPS) is 18.5. The lowest BCUT2D eigenvalue weighted by Crippen LogP contribution is -2.31. The lowest BCUT2D eigenvalue weighted by atomic mass is 9.97. The Morgan fingerprint density at radius 1 is 1.23 bits per heavy atom. The van der Waals surface area contributed by atoms with Crippen molar-refractivity contribution in [1.29, 1.82) is 5.26 Å². The van der Waals surface area contributed by atoms with Crippen LogP contribution in [0.2, 0.25) is 0 Å². The highest BCUT2D eigenvalue weighted by Crippen LogP contribution is 2.38. The molecule has 1 aromatic carbocycles. The second-order valence-corrected chi connectivity index (χ2v) is 8.32. The van der Waals surface area contributed by atoms with Crippen LogP contribution in [0.1, 0.15) is 37.8 Å². The van der Waals surface area contributed by atoms with E-state index in [1.54, 1.807) is 0 Å². The van der Waals surface area contributed by atoms with Gasteiger partial charge in [-0.05, 0) is 63.9 Å². The van der Waals surface area contributed by atoms with Crippen molar-refractivity contribution in [1.82, 2.24) is 10.2 Å². The molecule has 2 aliphatic rings. The number of likely N-dealkylation sites (tertiary alicyclic amines) is 1. The van der Waals surface area contributed by atoms with Gasteiger partial charge in [0, 0.05) is 24.4 Å². The molecule has 1 fully saturated rings. The summed E-state index contributed by atoms with van der Waals surface area (Å²) >= 11 is 1.42. The summed E-state index contributed by atoms with van der Waals surface area (Å²) in [5, 5.41) is 23.6. The monoisotopic (exact) mass is 453 g/mol. The molecule has 0 aromatic heterocycles. The van der Waals surface area contributed by atoms with Crippen LogP contribution in [0.3, 0.4) is 0 Å². The lowest BCUT2D eigenvalue weighted by molar-refractivity contribution is 0.145. The Morgan fingerprint density at radius 3 is 2.53 bits per heavy atom. The smallest absolute Gasteiger partial charge is 0.161 e. The highest BCUT2D eigenvalue weighted by Gasteiger charge is 2.23. The molecule has 1 aromatic rings. The summed E-state index contributed by atoms with van der Waals surface area (Å²) in [6, 6.07) is 6.35. The predicted octanol–water partition coefficient (Wildman–Crippen LogP) is 3.43. The van der Waals surface area contributed by atoms with Crippen molar-refractivity contribution in [3.05, 3.63) is 28.2 Å². The molecule has 0 spiro atoms. The van der Waals surface area contributed by atoms with Crippen LogP contribution in [0.25, 0.3) is 5.70 Å². The average molecular weight is 454 g/mol. The highest BCUT2D eigenvalue weighted by molar-refractivity contribution is 8.03. The molecule has 8 heteroatoms. The van der Waals surface area contributed by atoms with Gasteiger partial charge in [0.25, 0.3) is 0 Å². The molecule has 0 saturated carbocycles. The summed E-state index contributed by atoms with van der Waals surface area (Å²) in [7, 11) is 0. The molecule has 2 N–H and O–H groups in total. The molecule has 2 heterocycles. The van der Waals surface area contributed by atoms with Gasteiger partial charge >= 0.3 is 0 Å². The Bertz CT molecular complexity index is 776. The van der Waals surface area contributed by atoms with E-state index >= 15 is 0 Å². The summed E-state index contributed by atoms with van der Waals surface area (Å²) in [6.07, 6.45) is 2.84. The molecular weight excluding hydrogens is 422 g/mol. The molecule has 30 heavy (non-hydrogen) atoms. The quantitative estimate of drug-likeness (QED) is 0.554. The van der Waals surface area contributed by atoms with Gasteiger partial charge in [-0.15, -0.1) is 24.2 Å². The zero-order valence-electron chi connectivity index (χ0n) is 17.8. The number of ether oxygens (including phenoxy) is 2. The minimum absolute atomic E-state index is 0. The molecule has 0 amide bonds. The number of nitriles is 1. The number of benzene rings is 1. The zero-order chi connectivity index (χ0) is 20.6. The number of thioether (sulfide) groups is 1. The number of hydrogen-bond acceptors (Lipinski definition) is 7. The van der Waals surface area contributed by atoms with Crippen molar-refractivity contribution in [3.8, 4) is 17.6 Å². The van der Waals surface area contributed by atoms with Crippen LogP contribution in [0.5, 0.6) is 11.5 Å². The first-order valence-electron chi connectivity index (χ1n) is 10.5. The van der Waals surface area contributed by atoms with E-state index in [1.807, 2.05) is 26.0 Å². The Labute approximate surface area is 190 Å². The SMILES string of the molecule is CCOc1cc2c(cc1OCC)C(=C(C#N)SCC(O)CN1CCCC1)NCC2.Cl. The number of halogens is 1. The fourth-order valence-electron chi connectivity index (χ4n) is 3.85. The number of β-amino-alcohol motifs (C(OH)–C–C–N with tert-alkyl or cyclic N) is 1. The second kappa shape index (κ2) is 12.3. The van der Waals surface area contributed by atoms with Crippen molar-refractivity contribution < 1.29 is 14.6 Å². The van der Waals surface area contributed by atoms with Crippen LogP contribution >= 0.6 is 24.2 Å². The zero-order valence-corrected chi connectivity index (χ0v) is 19.4. The van der Waals surface area contributed by atoms with E-state index in [0.29, 0.717) is 36.2 Å². The molecule has 2 aliphatic heterocycles. The number of nitrogens with one attached hydrogen (secondary N) is 1. The molecule has 0 radical (unpaired) electrons. The number of fused-ring (bicyclic) bond motifs is 1. The molecule has 6 nitrogen and oxygen atoms in total. The van der Waals surface area contributed by atoms with Crippen molar-refractivity contribution in [3.63, 3.8) is 0 Å². The number of allylic oxidation sites excluding steroid dienone is 1. The van der Waals surface area contributed by atoms with Crippen LogP contribution in [0.4, 0.5) is 0 Å². The molecule has 1 unspecified atom stereocenters. The average Bonchev–Trinajstić information content (AvgIpc) is 3.22. The van der Waals surface area contributed by atoms with Gasteiger partial charge in [-0.1, -0.05) is 0 Å². The molecule has 1 saturated heterocycles. The van der Waals surface area contributed by atoms with Crippen LogP contribution in [-0.4, -0.2) is 61.3 Å². The van der Waals surface area contributed by atoms with Crippen LogP contribution in [-0.2, 0) is 6.42 Å².